The molecule has 0 spiro atoms. The quantitative estimate of drug-likeness (QED) is 0.629. The number of halogens is 1. The van der Waals surface area contributed by atoms with Crippen LogP contribution in [0.5, 0.6) is 0 Å². The molecule has 3 N–H and O–H groups in total. The van der Waals surface area contributed by atoms with Crippen molar-refractivity contribution in [2.24, 2.45) is 0 Å². The van der Waals surface area contributed by atoms with Gasteiger partial charge in [-0.25, -0.2) is 22.3 Å². The van der Waals surface area contributed by atoms with E-state index in [1.807, 2.05) is 0 Å². The lowest BCUT2D eigenvalue weighted by atomic mass is 10.3. The molecule has 8 nitrogen and oxygen atoms in total. The Labute approximate surface area is 136 Å². The number of hydrogen-bond donors (Lipinski definition) is 3. The van der Waals surface area contributed by atoms with Crippen LogP contribution in [0.3, 0.4) is 0 Å². The van der Waals surface area contributed by atoms with E-state index >= 15 is 0 Å². The number of H-pyrrole nitrogens is 2. The molecule has 0 unspecified atom stereocenters. The lowest BCUT2D eigenvalue weighted by Gasteiger charge is -2.08. The molecule has 0 bridgehead atoms. The Balaban J connectivity index is 1.80. The van der Waals surface area contributed by atoms with E-state index in [2.05, 4.69) is 19.9 Å². The third-order valence-electron chi connectivity index (χ3n) is 3.69. The summed E-state index contributed by atoms with van der Waals surface area (Å²) in [5, 5.41) is 6.48. The maximum Gasteiger partial charge on any atom is 0.326 e. The molecular formula is C14H16FN5O3S. The van der Waals surface area contributed by atoms with Gasteiger partial charge in [-0.15, -0.1) is 0 Å². The minimum Gasteiger partial charge on any atom is -0.305 e. The van der Waals surface area contributed by atoms with Gasteiger partial charge in [0.25, 0.3) is 0 Å². The number of benzene rings is 1. The number of aryl methyl sites for hydroxylation is 2. The molecule has 0 aliphatic heterocycles. The van der Waals surface area contributed by atoms with Crippen molar-refractivity contribution >= 4 is 21.1 Å². The fourth-order valence-corrected chi connectivity index (χ4v) is 4.05. The van der Waals surface area contributed by atoms with Gasteiger partial charge in [-0.1, -0.05) is 0 Å². The zero-order valence-corrected chi connectivity index (χ0v) is 13.9. The highest BCUT2D eigenvalue weighted by Crippen LogP contribution is 2.16. The second kappa shape index (κ2) is 5.87. The predicted molar refractivity (Wildman–Crippen MR) is 85.8 cm³/mol. The summed E-state index contributed by atoms with van der Waals surface area (Å²) in [5.41, 5.74) is 1.27. The number of imidazole rings is 1. The third-order valence-corrected chi connectivity index (χ3v) is 5.42. The maximum absolute atomic E-state index is 13.2. The van der Waals surface area contributed by atoms with Crippen molar-refractivity contribution in [3.63, 3.8) is 0 Å². The summed E-state index contributed by atoms with van der Waals surface area (Å²) < 4.78 is 41.7. The molecule has 2 heterocycles. The maximum atomic E-state index is 13.2. The van der Waals surface area contributed by atoms with Gasteiger partial charge in [0.1, 0.15) is 10.7 Å². The smallest absolute Gasteiger partial charge is 0.305 e. The normalized spacial score (nSPS) is 12.1. The average molecular weight is 353 g/mol. The molecule has 0 fully saturated rings. The second-order valence-electron chi connectivity index (χ2n) is 5.40. The van der Waals surface area contributed by atoms with E-state index in [9.17, 15) is 17.6 Å². The van der Waals surface area contributed by atoms with Crippen LogP contribution >= 0.6 is 0 Å². The van der Waals surface area contributed by atoms with Crippen LogP contribution in [0.2, 0.25) is 0 Å². The van der Waals surface area contributed by atoms with Gasteiger partial charge in [-0.3, -0.25) is 9.67 Å². The first-order chi connectivity index (χ1) is 11.3. The molecule has 0 amide bonds. The Bertz CT molecular complexity index is 1040. The molecule has 3 rings (SSSR count). The zero-order valence-electron chi connectivity index (χ0n) is 13.1. The van der Waals surface area contributed by atoms with Crippen LogP contribution in [-0.4, -0.2) is 34.7 Å². The molecule has 0 atom stereocenters. The van der Waals surface area contributed by atoms with Crippen molar-refractivity contribution in [3.05, 3.63) is 45.9 Å². The molecule has 0 aliphatic rings. The Morgan fingerprint density at radius 3 is 2.75 bits per heavy atom. The van der Waals surface area contributed by atoms with Crippen molar-refractivity contribution in [2.75, 3.05) is 6.54 Å². The number of hydrogen-bond acceptors (Lipinski definition) is 4. The van der Waals surface area contributed by atoms with E-state index in [0.717, 1.165) is 0 Å². The van der Waals surface area contributed by atoms with Crippen LogP contribution in [0.1, 0.15) is 11.4 Å². The largest absolute Gasteiger partial charge is 0.326 e. The molecule has 0 saturated carbocycles. The van der Waals surface area contributed by atoms with E-state index in [4.69, 9.17) is 0 Å². The molecule has 1 aromatic carbocycles. The molecular weight excluding hydrogens is 337 g/mol. The van der Waals surface area contributed by atoms with Gasteiger partial charge in [0, 0.05) is 13.1 Å². The predicted octanol–water partition coefficient (Wildman–Crippen LogP) is 0.787. The zero-order chi connectivity index (χ0) is 17.5. The number of nitrogens with one attached hydrogen (secondary N) is 3. The van der Waals surface area contributed by atoms with Gasteiger partial charge >= 0.3 is 5.69 Å². The third kappa shape index (κ3) is 2.85. The molecule has 10 heteroatoms. The topological polar surface area (TPSA) is 113 Å². The standard InChI is InChI=1S/C14H16FN5O3S/c1-8-13(9(2)19-18-8)24(22,23)16-5-6-20-12-4-3-10(15)7-11(12)17-14(20)21/h3-4,7,16H,5-6H2,1-2H3,(H,17,21)(H,18,19). The van der Waals surface area contributed by atoms with Crippen LogP contribution in [-0.2, 0) is 16.6 Å². The first kappa shape index (κ1) is 16.4. The van der Waals surface area contributed by atoms with Gasteiger partial charge in [0.05, 0.1) is 22.4 Å². The van der Waals surface area contributed by atoms with E-state index in [1.165, 1.54) is 22.8 Å². The monoisotopic (exact) mass is 353 g/mol. The number of nitrogens with zero attached hydrogens (tertiary/aromatic N) is 2. The van der Waals surface area contributed by atoms with Crippen molar-refractivity contribution in [2.45, 2.75) is 25.3 Å². The summed E-state index contributed by atoms with van der Waals surface area (Å²) in [6.07, 6.45) is 0. The number of aromatic nitrogens is 4. The van der Waals surface area contributed by atoms with Gasteiger partial charge in [0.15, 0.2) is 0 Å². The van der Waals surface area contributed by atoms with Crippen molar-refractivity contribution < 1.29 is 12.8 Å². The second-order valence-corrected chi connectivity index (χ2v) is 7.11. The van der Waals surface area contributed by atoms with Crippen LogP contribution in [0.4, 0.5) is 4.39 Å². The fraction of sp³-hybridized carbons (Fsp3) is 0.286. The Morgan fingerprint density at radius 2 is 2.08 bits per heavy atom. The van der Waals surface area contributed by atoms with Gasteiger partial charge < -0.3 is 4.98 Å². The Hall–Kier alpha value is -2.46. The molecule has 0 saturated heterocycles. The fourth-order valence-electron chi connectivity index (χ4n) is 2.66. The molecule has 0 aliphatic carbocycles. The lowest BCUT2D eigenvalue weighted by Crippen LogP contribution is -2.30. The molecule has 0 radical (unpaired) electrons. The summed E-state index contributed by atoms with van der Waals surface area (Å²) in [4.78, 5) is 14.6. The lowest BCUT2D eigenvalue weighted by molar-refractivity contribution is 0.571. The number of rotatable bonds is 5. The Kier molecular flexibility index (Phi) is 4.01. The van der Waals surface area contributed by atoms with E-state index in [1.54, 1.807) is 13.8 Å². The number of sulfonamides is 1. The minimum atomic E-state index is -3.73. The average Bonchev–Trinajstić information content (AvgIpc) is 2.98. The molecule has 128 valence electrons. The Morgan fingerprint density at radius 1 is 1.33 bits per heavy atom. The van der Waals surface area contributed by atoms with Crippen LogP contribution in [0.15, 0.2) is 27.9 Å². The van der Waals surface area contributed by atoms with Gasteiger partial charge in [-0.2, -0.15) is 5.10 Å². The van der Waals surface area contributed by atoms with Crippen molar-refractivity contribution in [1.29, 1.82) is 0 Å². The SMILES string of the molecule is Cc1n[nH]c(C)c1S(=O)(=O)NCCn1c(=O)[nH]c2cc(F)ccc21. The highest BCUT2D eigenvalue weighted by molar-refractivity contribution is 7.89. The van der Waals surface area contributed by atoms with Crippen LogP contribution in [0, 0.1) is 19.7 Å². The van der Waals surface area contributed by atoms with Crippen molar-refractivity contribution in [1.82, 2.24) is 24.5 Å². The molecule has 2 aromatic heterocycles. The van der Waals surface area contributed by atoms with Crippen LogP contribution < -0.4 is 10.4 Å². The van der Waals surface area contributed by atoms with E-state index in [0.29, 0.717) is 22.4 Å². The van der Waals surface area contributed by atoms with E-state index in [-0.39, 0.29) is 18.0 Å². The summed E-state index contributed by atoms with van der Waals surface area (Å²) in [7, 11) is -3.73. The van der Waals surface area contributed by atoms with Gasteiger partial charge in [-0.05, 0) is 32.0 Å². The highest BCUT2D eigenvalue weighted by Gasteiger charge is 2.21. The molecule has 24 heavy (non-hydrogen) atoms. The summed E-state index contributed by atoms with van der Waals surface area (Å²) in [5.74, 6) is -0.456. The van der Waals surface area contributed by atoms with Gasteiger partial charge in [0.2, 0.25) is 10.0 Å². The first-order valence-corrected chi connectivity index (χ1v) is 8.67. The van der Waals surface area contributed by atoms with E-state index < -0.39 is 21.5 Å². The summed E-state index contributed by atoms with van der Waals surface area (Å²) in [6.45, 7) is 3.33. The summed E-state index contributed by atoms with van der Waals surface area (Å²) in [6, 6.07) is 3.94. The number of fused-ring (bicyclic) bond motifs is 1. The highest BCUT2D eigenvalue weighted by atomic mass is 32.2. The minimum absolute atomic E-state index is 0.0105. The summed E-state index contributed by atoms with van der Waals surface area (Å²) >= 11 is 0. The number of aromatic amines is 2. The van der Waals surface area contributed by atoms with Crippen LogP contribution in [0.25, 0.3) is 11.0 Å². The van der Waals surface area contributed by atoms with Crippen molar-refractivity contribution in [3.8, 4) is 0 Å². The first-order valence-electron chi connectivity index (χ1n) is 7.19. The molecule has 3 aromatic rings.